The maximum Gasteiger partial charge on any atom is 0.337 e. The normalized spacial score (nSPS) is 16.4. The number of nitrogens with zero attached hydrogens (tertiary/aromatic N) is 1. The number of esters is 1. The lowest BCUT2D eigenvalue weighted by molar-refractivity contribution is -0.136. The summed E-state index contributed by atoms with van der Waals surface area (Å²) in [5, 5.41) is 6.04. The Morgan fingerprint density at radius 2 is 1.70 bits per heavy atom. The van der Waals surface area contributed by atoms with Crippen LogP contribution in [0.3, 0.4) is 0 Å². The number of nitrogens with one attached hydrogen (secondary N) is 1. The van der Waals surface area contributed by atoms with Gasteiger partial charge in [-0.1, -0.05) is 42.5 Å². The molecule has 0 spiro atoms. The van der Waals surface area contributed by atoms with Crippen LogP contribution < -0.4 is 15.0 Å². The molecule has 6 heteroatoms. The van der Waals surface area contributed by atoms with Gasteiger partial charge >= 0.3 is 5.97 Å². The summed E-state index contributed by atoms with van der Waals surface area (Å²) in [6.07, 6.45) is 0. The van der Waals surface area contributed by atoms with Crippen molar-refractivity contribution in [1.82, 2.24) is 5.32 Å². The third-order valence-corrected chi connectivity index (χ3v) is 5.66. The molecule has 0 aromatic heterocycles. The molecule has 0 amide bonds. The van der Waals surface area contributed by atoms with Gasteiger partial charge in [0.1, 0.15) is 5.75 Å². The van der Waals surface area contributed by atoms with Gasteiger partial charge in [0.05, 0.1) is 25.8 Å². The van der Waals surface area contributed by atoms with E-state index in [9.17, 15) is 4.79 Å². The van der Waals surface area contributed by atoms with Crippen molar-refractivity contribution in [1.29, 1.82) is 0 Å². The summed E-state index contributed by atoms with van der Waals surface area (Å²) in [7, 11) is 3.02. The van der Waals surface area contributed by atoms with E-state index in [4.69, 9.17) is 21.7 Å². The van der Waals surface area contributed by atoms with Gasteiger partial charge in [0.25, 0.3) is 0 Å². The molecular formula is C24H22N2O3S. The summed E-state index contributed by atoms with van der Waals surface area (Å²) in [4.78, 5) is 14.7. The standard InChI is InChI=1S/C24H22N2O3S/c1-15-21(23(27)29-3)22(20-10-6-8-16-7-4-5-9-19(16)20)25-24(30)26(15)17-11-13-18(28-2)14-12-17/h4-14,22H,1-3H3,(H,25,30)/t22-/m0/s1. The average molecular weight is 419 g/mol. The van der Waals surface area contributed by atoms with E-state index in [0.717, 1.165) is 33.5 Å². The van der Waals surface area contributed by atoms with Crippen LogP contribution >= 0.6 is 12.2 Å². The molecule has 152 valence electrons. The zero-order chi connectivity index (χ0) is 21.3. The van der Waals surface area contributed by atoms with E-state index in [1.165, 1.54) is 7.11 Å². The number of methoxy groups -OCH3 is 2. The summed E-state index contributed by atoms with van der Waals surface area (Å²) < 4.78 is 10.4. The molecule has 1 N–H and O–H groups in total. The number of hydrogen-bond donors (Lipinski definition) is 1. The molecule has 1 aliphatic heterocycles. The second kappa shape index (κ2) is 8.16. The molecule has 5 nitrogen and oxygen atoms in total. The van der Waals surface area contributed by atoms with E-state index in [-0.39, 0.29) is 5.97 Å². The molecule has 1 atom stereocenters. The van der Waals surface area contributed by atoms with Crippen molar-refractivity contribution in [2.75, 3.05) is 19.1 Å². The quantitative estimate of drug-likeness (QED) is 0.488. The van der Waals surface area contributed by atoms with Crippen LogP contribution in [0.4, 0.5) is 5.69 Å². The first-order valence-electron chi connectivity index (χ1n) is 9.56. The van der Waals surface area contributed by atoms with E-state index >= 15 is 0 Å². The highest BCUT2D eigenvalue weighted by Gasteiger charge is 2.35. The Labute approximate surface area is 180 Å². The largest absolute Gasteiger partial charge is 0.497 e. The molecule has 4 rings (SSSR count). The highest BCUT2D eigenvalue weighted by Crippen LogP contribution is 2.37. The lowest BCUT2D eigenvalue weighted by Gasteiger charge is -2.37. The fourth-order valence-electron chi connectivity index (χ4n) is 3.90. The highest BCUT2D eigenvalue weighted by atomic mass is 32.1. The van der Waals surface area contributed by atoms with Crippen LogP contribution in [0, 0.1) is 0 Å². The summed E-state index contributed by atoms with van der Waals surface area (Å²) in [5.41, 5.74) is 3.07. The Morgan fingerprint density at radius 1 is 1.00 bits per heavy atom. The maximum atomic E-state index is 12.9. The van der Waals surface area contributed by atoms with E-state index in [1.54, 1.807) is 7.11 Å². The predicted octanol–water partition coefficient (Wildman–Crippen LogP) is 4.73. The van der Waals surface area contributed by atoms with E-state index in [1.807, 2.05) is 60.4 Å². The molecule has 0 fully saturated rings. The molecule has 30 heavy (non-hydrogen) atoms. The van der Waals surface area contributed by atoms with Gasteiger partial charge in [0.15, 0.2) is 5.11 Å². The molecule has 1 heterocycles. The topological polar surface area (TPSA) is 50.8 Å². The summed E-state index contributed by atoms with van der Waals surface area (Å²) in [6, 6.07) is 21.3. The van der Waals surface area contributed by atoms with Crippen molar-refractivity contribution in [3.63, 3.8) is 0 Å². The average Bonchev–Trinajstić information content (AvgIpc) is 2.78. The van der Waals surface area contributed by atoms with E-state index in [0.29, 0.717) is 10.7 Å². The molecule has 3 aromatic carbocycles. The zero-order valence-corrected chi connectivity index (χ0v) is 17.8. The van der Waals surface area contributed by atoms with Gasteiger partial charge in [-0.25, -0.2) is 4.79 Å². The van der Waals surface area contributed by atoms with Gasteiger partial charge in [-0.15, -0.1) is 0 Å². The van der Waals surface area contributed by atoms with Crippen molar-refractivity contribution in [3.8, 4) is 5.75 Å². The number of hydrogen-bond acceptors (Lipinski definition) is 4. The minimum atomic E-state index is -0.412. The van der Waals surface area contributed by atoms with Crippen molar-refractivity contribution in [3.05, 3.63) is 83.6 Å². The maximum absolute atomic E-state index is 12.9. The van der Waals surface area contributed by atoms with E-state index < -0.39 is 6.04 Å². The molecule has 1 aliphatic rings. The Kier molecular flexibility index (Phi) is 5.42. The molecule has 0 saturated carbocycles. The second-order valence-electron chi connectivity index (χ2n) is 6.97. The molecule has 0 saturated heterocycles. The number of allylic oxidation sites excluding steroid dienone is 1. The van der Waals surface area contributed by atoms with Crippen LogP contribution in [0.5, 0.6) is 5.75 Å². The van der Waals surface area contributed by atoms with Gasteiger partial charge in [-0.3, -0.25) is 4.90 Å². The Morgan fingerprint density at radius 3 is 2.40 bits per heavy atom. The minimum absolute atomic E-state index is 0.390. The fraction of sp³-hybridized carbons (Fsp3) is 0.167. The van der Waals surface area contributed by atoms with Gasteiger partial charge in [0.2, 0.25) is 0 Å². The number of carbonyl (C=O) groups excluding carboxylic acids is 1. The zero-order valence-electron chi connectivity index (χ0n) is 17.0. The van der Waals surface area contributed by atoms with Gasteiger partial charge in [-0.05, 0) is 59.7 Å². The van der Waals surface area contributed by atoms with Crippen LogP contribution in [-0.4, -0.2) is 25.3 Å². The molecule has 0 aliphatic carbocycles. The predicted molar refractivity (Wildman–Crippen MR) is 123 cm³/mol. The van der Waals surface area contributed by atoms with Gasteiger partial charge in [-0.2, -0.15) is 0 Å². The molecule has 0 unspecified atom stereocenters. The lowest BCUT2D eigenvalue weighted by atomic mass is 9.91. The molecule has 0 bridgehead atoms. The van der Waals surface area contributed by atoms with Crippen LogP contribution in [0.15, 0.2) is 78.0 Å². The fourth-order valence-corrected chi connectivity index (χ4v) is 4.26. The third kappa shape index (κ3) is 3.39. The summed E-state index contributed by atoms with van der Waals surface area (Å²) in [6.45, 7) is 1.89. The highest BCUT2D eigenvalue weighted by molar-refractivity contribution is 7.80. The van der Waals surface area contributed by atoms with Crippen LogP contribution in [0.25, 0.3) is 10.8 Å². The monoisotopic (exact) mass is 418 g/mol. The number of fused-ring (bicyclic) bond motifs is 1. The van der Waals surface area contributed by atoms with Crippen molar-refractivity contribution in [2.45, 2.75) is 13.0 Å². The minimum Gasteiger partial charge on any atom is -0.497 e. The Bertz CT molecular complexity index is 1150. The van der Waals surface area contributed by atoms with Crippen molar-refractivity contribution < 1.29 is 14.3 Å². The Hall–Kier alpha value is -3.38. The smallest absolute Gasteiger partial charge is 0.337 e. The number of ether oxygens (including phenoxy) is 2. The van der Waals surface area contributed by atoms with Gasteiger partial charge in [0, 0.05) is 11.4 Å². The van der Waals surface area contributed by atoms with Crippen molar-refractivity contribution in [2.24, 2.45) is 0 Å². The number of benzene rings is 3. The van der Waals surface area contributed by atoms with E-state index in [2.05, 4.69) is 23.5 Å². The number of thiocarbonyl (C=S) groups is 1. The summed E-state index contributed by atoms with van der Waals surface area (Å²) >= 11 is 5.72. The molecule has 0 radical (unpaired) electrons. The Balaban J connectivity index is 1.87. The van der Waals surface area contributed by atoms with Gasteiger partial charge < -0.3 is 14.8 Å². The molecule has 3 aromatic rings. The van der Waals surface area contributed by atoms with Crippen molar-refractivity contribution >= 4 is 39.8 Å². The SMILES string of the molecule is COC(=O)C1=C(C)N(c2ccc(OC)cc2)C(=S)N[C@H]1c1cccc2ccccc12. The number of anilines is 1. The first-order valence-corrected chi connectivity index (χ1v) is 9.97. The third-order valence-electron chi connectivity index (χ3n) is 5.36. The second-order valence-corrected chi connectivity index (χ2v) is 7.36. The summed E-state index contributed by atoms with van der Waals surface area (Å²) in [5.74, 6) is 0.358. The van der Waals surface area contributed by atoms with Crippen LogP contribution in [-0.2, 0) is 9.53 Å². The van der Waals surface area contributed by atoms with Crippen LogP contribution in [0.2, 0.25) is 0 Å². The number of rotatable bonds is 4. The lowest BCUT2D eigenvalue weighted by Crippen LogP contribution is -2.48. The first kappa shape index (κ1) is 19.9. The molecular weight excluding hydrogens is 396 g/mol. The first-order chi connectivity index (χ1) is 14.5. The number of carbonyl (C=O) groups is 1. The van der Waals surface area contributed by atoms with Crippen LogP contribution in [0.1, 0.15) is 18.5 Å².